The quantitative estimate of drug-likeness (QED) is 0.333. The first-order valence-electron chi connectivity index (χ1n) is 10.7. The molecule has 0 bridgehead atoms. The number of nitrogens with zero attached hydrogens (tertiary/aromatic N) is 2. The molecule has 0 saturated carbocycles. The van der Waals surface area contributed by atoms with Gasteiger partial charge >= 0.3 is 0 Å². The molecule has 1 heterocycles. The van der Waals surface area contributed by atoms with E-state index in [0.717, 1.165) is 11.1 Å². The fourth-order valence-electron chi connectivity index (χ4n) is 3.44. The summed E-state index contributed by atoms with van der Waals surface area (Å²) in [7, 11) is -3.84. The molecule has 0 atom stereocenters. The molecule has 0 radical (unpaired) electrons. The van der Waals surface area contributed by atoms with Crippen molar-refractivity contribution in [2.24, 2.45) is 0 Å². The molecule has 7 heteroatoms. The van der Waals surface area contributed by atoms with Crippen LogP contribution >= 0.6 is 0 Å². The molecule has 6 nitrogen and oxygen atoms in total. The van der Waals surface area contributed by atoms with Crippen LogP contribution in [0, 0.1) is 13.8 Å². The molecule has 0 N–H and O–H groups in total. The molecule has 0 aliphatic rings. The first-order valence-corrected chi connectivity index (χ1v) is 12.2. The van der Waals surface area contributed by atoms with Gasteiger partial charge in [-0.1, -0.05) is 35.9 Å². The predicted molar refractivity (Wildman–Crippen MR) is 129 cm³/mol. The Morgan fingerprint density at radius 1 is 0.909 bits per heavy atom. The summed E-state index contributed by atoms with van der Waals surface area (Å²) in [5.41, 5.74) is 3.05. The lowest BCUT2D eigenvalue weighted by atomic mass is 10.1. The minimum absolute atomic E-state index is 0.0341. The number of rotatable bonds is 8. The number of hydrogen-bond acceptors (Lipinski definition) is 5. The predicted octanol–water partition coefficient (Wildman–Crippen LogP) is 5.75. The lowest BCUT2D eigenvalue weighted by Gasteiger charge is -2.24. The van der Waals surface area contributed by atoms with Crippen molar-refractivity contribution in [3.05, 3.63) is 95.9 Å². The molecule has 4 rings (SSSR count). The van der Waals surface area contributed by atoms with E-state index < -0.39 is 10.0 Å². The molecular weight excluding hydrogens is 436 g/mol. The van der Waals surface area contributed by atoms with Crippen LogP contribution in [-0.4, -0.2) is 20.0 Å². The fourth-order valence-corrected chi connectivity index (χ4v) is 4.89. The zero-order valence-electron chi connectivity index (χ0n) is 18.9. The maximum Gasteiger partial charge on any atom is 0.264 e. The van der Waals surface area contributed by atoms with E-state index in [-0.39, 0.29) is 11.4 Å². The maximum absolute atomic E-state index is 13.6. The summed E-state index contributed by atoms with van der Waals surface area (Å²) in [6, 6.07) is 23.2. The lowest BCUT2D eigenvalue weighted by molar-refractivity contribution is 0.340. The normalized spacial score (nSPS) is 11.4. The average molecular weight is 463 g/mol. The minimum atomic E-state index is -3.84. The van der Waals surface area contributed by atoms with Crippen LogP contribution in [0.25, 0.3) is 11.5 Å². The molecule has 0 spiro atoms. The van der Waals surface area contributed by atoms with Gasteiger partial charge in [-0.15, -0.1) is 0 Å². The Labute approximate surface area is 194 Å². The summed E-state index contributed by atoms with van der Waals surface area (Å²) in [5.74, 6) is 1.72. The summed E-state index contributed by atoms with van der Waals surface area (Å²) in [5, 5.41) is 0. The molecule has 0 unspecified atom stereocenters. The van der Waals surface area contributed by atoms with E-state index >= 15 is 0 Å². The van der Waals surface area contributed by atoms with Crippen molar-refractivity contribution >= 4 is 15.7 Å². The Kier molecular flexibility index (Phi) is 6.51. The summed E-state index contributed by atoms with van der Waals surface area (Å²) in [6.45, 7) is 6.28. The molecule has 1 aromatic heterocycles. The van der Waals surface area contributed by atoms with Gasteiger partial charge in [0.2, 0.25) is 5.89 Å². The number of benzene rings is 3. The van der Waals surface area contributed by atoms with Crippen LogP contribution in [0.5, 0.6) is 5.75 Å². The Hall–Kier alpha value is -3.58. The summed E-state index contributed by atoms with van der Waals surface area (Å²) in [4.78, 5) is 4.84. The molecule has 0 fully saturated rings. The summed E-state index contributed by atoms with van der Waals surface area (Å²) < 4.78 is 40.0. The highest BCUT2D eigenvalue weighted by Crippen LogP contribution is 2.30. The molecule has 0 saturated heterocycles. The van der Waals surface area contributed by atoms with Gasteiger partial charge < -0.3 is 9.15 Å². The van der Waals surface area contributed by atoms with Crippen molar-refractivity contribution in [2.75, 3.05) is 10.9 Å². The van der Waals surface area contributed by atoms with Crippen LogP contribution in [-0.2, 0) is 16.6 Å². The second-order valence-electron chi connectivity index (χ2n) is 7.64. The smallest absolute Gasteiger partial charge is 0.264 e. The monoisotopic (exact) mass is 462 g/mol. The van der Waals surface area contributed by atoms with Crippen molar-refractivity contribution in [3.8, 4) is 17.2 Å². The second kappa shape index (κ2) is 9.50. The van der Waals surface area contributed by atoms with Gasteiger partial charge in [-0.05, 0) is 69.3 Å². The summed E-state index contributed by atoms with van der Waals surface area (Å²) in [6.07, 6.45) is 0. The van der Waals surface area contributed by atoms with E-state index in [4.69, 9.17) is 9.15 Å². The van der Waals surface area contributed by atoms with Gasteiger partial charge in [0.15, 0.2) is 0 Å². The third kappa shape index (κ3) is 4.93. The SMILES string of the molecule is CCOc1ccc(N(Cc2nc(-c3ccc(C)cc3)oc2C)S(=O)(=O)c2ccccc2)cc1. The number of aromatic nitrogens is 1. The third-order valence-electron chi connectivity index (χ3n) is 5.25. The van der Waals surface area contributed by atoms with Gasteiger partial charge in [0.1, 0.15) is 17.2 Å². The Bertz CT molecular complexity index is 1310. The zero-order valence-corrected chi connectivity index (χ0v) is 19.7. The van der Waals surface area contributed by atoms with E-state index in [1.54, 1.807) is 61.5 Å². The molecule has 4 aromatic rings. The van der Waals surface area contributed by atoms with Gasteiger partial charge in [-0.25, -0.2) is 13.4 Å². The number of oxazole rings is 1. The molecule has 0 aliphatic heterocycles. The molecule has 170 valence electrons. The van der Waals surface area contributed by atoms with E-state index in [2.05, 4.69) is 4.98 Å². The van der Waals surface area contributed by atoms with Gasteiger partial charge in [-0.3, -0.25) is 4.31 Å². The fraction of sp³-hybridized carbons (Fsp3) is 0.192. The van der Waals surface area contributed by atoms with Crippen LogP contribution in [0.2, 0.25) is 0 Å². The van der Waals surface area contributed by atoms with Crippen LogP contribution < -0.4 is 9.04 Å². The van der Waals surface area contributed by atoms with Crippen molar-refractivity contribution in [2.45, 2.75) is 32.2 Å². The van der Waals surface area contributed by atoms with Crippen LogP contribution in [0.15, 0.2) is 88.2 Å². The van der Waals surface area contributed by atoms with Crippen molar-refractivity contribution in [3.63, 3.8) is 0 Å². The first-order chi connectivity index (χ1) is 15.9. The molecule has 0 aliphatic carbocycles. The Balaban J connectivity index is 1.73. The third-order valence-corrected chi connectivity index (χ3v) is 7.04. The average Bonchev–Trinajstić information content (AvgIpc) is 3.19. The first kappa shape index (κ1) is 22.6. The van der Waals surface area contributed by atoms with E-state index in [1.165, 1.54) is 4.31 Å². The minimum Gasteiger partial charge on any atom is -0.494 e. The van der Waals surface area contributed by atoms with Gasteiger partial charge in [0.25, 0.3) is 10.0 Å². The number of ether oxygens (including phenoxy) is 1. The highest BCUT2D eigenvalue weighted by atomic mass is 32.2. The van der Waals surface area contributed by atoms with Gasteiger partial charge in [-0.2, -0.15) is 0 Å². The van der Waals surface area contributed by atoms with Crippen molar-refractivity contribution < 1.29 is 17.6 Å². The van der Waals surface area contributed by atoms with Gasteiger partial charge in [0, 0.05) is 5.56 Å². The number of hydrogen-bond donors (Lipinski definition) is 0. The number of aryl methyl sites for hydroxylation is 2. The highest BCUT2D eigenvalue weighted by Gasteiger charge is 2.27. The Morgan fingerprint density at radius 2 is 1.58 bits per heavy atom. The zero-order chi connectivity index (χ0) is 23.4. The molecule has 3 aromatic carbocycles. The topological polar surface area (TPSA) is 72.6 Å². The molecule has 0 amide bonds. The molecular formula is C26H26N2O4S. The standard InChI is InChI=1S/C26H26N2O4S/c1-4-31-23-16-14-22(15-17-23)28(33(29,30)24-8-6-5-7-9-24)18-25-20(3)32-26(27-25)21-12-10-19(2)11-13-21/h5-17H,4,18H2,1-3H3. The maximum atomic E-state index is 13.6. The number of anilines is 1. The second-order valence-corrected chi connectivity index (χ2v) is 9.50. The Morgan fingerprint density at radius 3 is 2.21 bits per heavy atom. The van der Waals surface area contributed by atoms with Crippen LogP contribution in [0.1, 0.15) is 23.9 Å². The van der Waals surface area contributed by atoms with Crippen molar-refractivity contribution in [1.29, 1.82) is 0 Å². The van der Waals surface area contributed by atoms with Crippen LogP contribution in [0.4, 0.5) is 5.69 Å². The van der Waals surface area contributed by atoms with Crippen LogP contribution in [0.3, 0.4) is 0 Å². The molecule has 33 heavy (non-hydrogen) atoms. The summed E-state index contributed by atoms with van der Waals surface area (Å²) >= 11 is 0. The van der Waals surface area contributed by atoms with Gasteiger partial charge in [0.05, 0.1) is 23.7 Å². The highest BCUT2D eigenvalue weighted by molar-refractivity contribution is 7.92. The van der Waals surface area contributed by atoms with Crippen molar-refractivity contribution in [1.82, 2.24) is 4.98 Å². The lowest BCUT2D eigenvalue weighted by Crippen LogP contribution is -2.31. The largest absolute Gasteiger partial charge is 0.494 e. The van der Waals surface area contributed by atoms with E-state index in [1.807, 2.05) is 38.1 Å². The van der Waals surface area contributed by atoms with E-state index in [9.17, 15) is 8.42 Å². The number of sulfonamides is 1. The van der Waals surface area contributed by atoms with E-state index in [0.29, 0.717) is 35.4 Å².